The van der Waals surface area contributed by atoms with Crippen LogP contribution in [0.2, 0.25) is 0 Å². The van der Waals surface area contributed by atoms with E-state index in [4.69, 9.17) is 0 Å². The van der Waals surface area contributed by atoms with Crippen molar-refractivity contribution in [1.82, 2.24) is 15.1 Å². The van der Waals surface area contributed by atoms with Crippen LogP contribution in [0.5, 0.6) is 0 Å². The molecule has 0 aromatic rings. The number of nitrogens with zero attached hydrogens (tertiary/aromatic N) is 2. The lowest BCUT2D eigenvalue weighted by molar-refractivity contribution is 0.180. The largest absolute Gasteiger partial charge is 0.335 e. The predicted molar refractivity (Wildman–Crippen MR) is 94.5 cm³/mol. The maximum absolute atomic E-state index is 12.7. The van der Waals surface area contributed by atoms with E-state index in [1.807, 2.05) is 11.9 Å². The minimum Gasteiger partial charge on any atom is -0.335 e. The molecule has 0 radical (unpaired) electrons. The molecule has 0 aromatic carbocycles. The Kier molecular flexibility index (Phi) is 6.21. The van der Waals surface area contributed by atoms with Crippen molar-refractivity contribution in [1.29, 1.82) is 0 Å². The summed E-state index contributed by atoms with van der Waals surface area (Å²) in [6.07, 6.45) is 13.3. The zero-order chi connectivity index (χ0) is 16.1. The van der Waals surface area contributed by atoms with Crippen LogP contribution in [0.25, 0.3) is 0 Å². The first-order chi connectivity index (χ1) is 11.2. The molecule has 0 aromatic heterocycles. The molecule has 132 valence electrons. The molecule has 0 spiro atoms. The third kappa shape index (κ3) is 4.62. The summed E-state index contributed by atoms with van der Waals surface area (Å²) in [6, 6.07) is 0.592. The van der Waals surface area contributed by atoms with Gasteiger partial charge in [0.05, 0.1) is 0 Å². The van der Waals surface area contributed by atoms with E-state index in [0.717, 1.165) is 24.9 Å². The molecule has 0 bridgehead atoms. The number of urea groups is 1. The average Bonchev–Trinajstić information content (AvgIpc) is 3.33. The summed E-state index contributed by atoms with van der Waals surface area (Å²) < 4.78 is 0. The van der Waals surface area contributed by atoms with Crippen LogP contribution in [0, 0.1) is 11.8 Å². The van der Waals surface area contributed by atoms with Crippen molar-refractivity contribution in [2.75, 3.05) is 33.2 Å². The van der Waals surface area contributed by atoms with E-state index in [-0.39, 0.29) is 6.03 Å². The lowest BCUT2D eigenvalue weighted by Crippen LogP contribution is -2.50. The lowest BCUT2D eigenvalue weighted by atomic mass is 9.86. The number of carbonyl (C=O) groups is 1. The summed E-state index contributed by atoms with van der Waals surface area (Å²) >= 11 is 0. The van der Waals surface area contributed by atoms with Crippen LogP contribution in [-0.2, 0) is 0 Å². The van der Waals surface area contributed by atoms with Gasteiger partial charge in [0.25, 0.3) is 0 Å². The Balaban J connectivity index is 1.49. The smallest absolute Gasteiger partial charge is 0.317 e. The van der Waals surface area contributed by atoms with Crippen LogP contribution in [0.4, 0.5) is 4.79 Å². The number of likely N-dealkylation sites (tertiary alicyclic amines) is 1. The highest BCUT2D eigenvalue weighted by atomic mass is 16.2. The Morgan fingerprint density at radius 1 is 1.00 bits per heavy atom. The first kappa shape index (κ1) is 17.1. The summed E-state index contributed by atoms with van der Waals surface area (Å²) in [6.45, 7) is 4.31. The molecule has 23 heavy (non-hydrogen) atoms. The summed E-state index contributed by atoms with van der Waals surface area (Å²) in [4.78, 5) is 17.1. The Morgan fingerprint density at radius 3 is 2.04 bits per heavy atom. The molecule has 2 aliphatic carbocycles. The van der Waals surface area contributed by atoms with Gasteiger partial charge < -0.3 is 15.1 Å². The normalized spacial score (nSPS) is 23.9. The van der Waals surface area contributed by atoms with Gasteiger partial charge in [-0.2, -0.15) is 0 Å². The number of amides is 2. The van der Waals surface area contributed by atoms with Crippen LogP contribution >= 0.6 is 0 Å². The van der Waals surface area contributed by atoms with Crippen molar-refractivity contribution in [3.63, 3.8) is 0 Å². The van der Waals surface area contributed by atoms with Gasteiger partial charge >= 0.3 is 6.03 Å². The second kappa shape index (κ2) is 8.36. The van der Waals surface area contributed by atoms with Crippen LogP contribution in [-0.4, -0.2) is 55.1 Å². The highest BCUT2D eigenvalue weighted by Crippen LogP contribution is 2.37. The molecule has 1 saturated heterocycles. The van der Waals surface area contributed by atoms with Gasteiger partial charge in [-0.3, -0.25) is 0 Å². The van der Waals surface area contributed by atoms with E-state index in [2.05, 4.69) is 10.2 Å². The topological polar surface area (TPSA) is 35.6 Å². The van der Waals surface area contributed by atoms with Crippen molar-refractivity contribution in [3.8, 4) is 0 Å². The standard InChI is InChI=1S/C19H35N3O/c1-21(14-15-22-12-6-7-13-22)19(23)20-18(16-8-2-3-9-16)17-10-4-5-11-17/h16-18H,2-15H2,1H3,(H,20,23). The molecule has 2 amide bonds. The maximum Gasteiger partial charge on any atom is 0.317 e. The third-order valence-corrected chi connectivity index (χ3v) is 6.40. The molecular formula is C19H35N3O. The number of likely N-dealkylation sites (N-methyl/N-ethyl adjacent to an activating group) is 1. The van der Waals surface area contributed by atoms with E-state index in [9.17, 15) is 4.79 Å². The van der Waals surface area contributed by atoms with Crippen LogP contribution in [0.3, 0.4) is 0 Å². The van der Waals surface area contributed by atoms with Crippen molar-refractivity contribution in [2.24, 2.45) is 11.8 Å². The first-order valence-corrected chi connectivity index (χ1v) is 9.98. The Hall–Kier alpha value is -0.770. The zero-order valence-electron chi connectivity index (χ0n) is 14.9. The zero-order valence-corrected chi connectivity index (χ0v) is 14.9. The molecule has 2 saturated carbocycles. The second-order valence-corrected chi connectivity index (χ2v) is 8.03. The number of hydrogen-bond donors (Lipinski definition) is 1. The number of carbonyl (C=O) groups excluding carboxylic acids is 1. The highest BCUT2D eigenvalue weighted by Gasteiger charge is 2.34. The molecular weight excluding hydrogens is 286 g/mol. The molecule has 1 heterocycles. The number of rotatable bonds is 6. The van der Waals surface area contributed by atoms with Crippen LogP contribution < -0.4 is 5.32 Å². The molecule has 3 rings (SSSR count). The van der Waals surface area contributed by atoms with Gasteiger partial charge in [0.2, 0.25) is 0 Å². The van der Waals surface area contributed by atoms with Gasteiger partial charge in [0, 0.05) is 26.2 Å². The maximum atomic E-state index is 12.7. The van der Waals surface area contributed by atoms with Gasteiger partial charge in [0.15, 0.2) is 0 Å². The van der Waals surface area contributed by atoms with Crippen molar-refractivity contribution < 1.29 is 4.79 Å². The van der Waals surface area contributed by atoms with Crippen molar-refractivity contribution >= 4 is 6.03 Å². The van der Waals surface area contributed by atoms with E-state index in [1.54, 1.807) is 0 Å². The van der Waals surface area contributed by atoms with Crippen molar-refractivity contribution in [2.45, 2.75) is 70.3 Å². The van der Waals surface area contributed by atoms with Crippen LogP contribution in [0.15, 0.2) is 0 Å². The SMILES string of the molecule is CN(CCN1CCCC1)C(=O)NC(C1CCCC1)C1CCCC1. The Bertz CT molecular complexity index is 353. The minimum absolute atomic E-state index is 0.160. The van der Waals surface area contributed by atoms with E-state index >= 15 is 0 Å². The molecule has 0 unspecified atom stereocenters. The van der Waals surface area contributed by atoms with Gasteiger partial charge in [-0.25, -0.2) is 4.79 Å². The minimum atomic E-state index is 0.160. The fraction of sp³-hybridized carbons (Fsp3) is 0.947. The average molecular weight is 322 g/mol. The fourth-order valence-electron chi connectivity index (χ4n) is 4.91. The van der Waals surface area contributed by atoms with Gasteiger partial charge in [-0.05, 0) is 63.5 Å². The predicted octanol–water partition coefficient (Wildman–Crippen LogP) is 3.47. The molecule has 3 aliphatic rings. The van der Waals surface area contributed by atoms with Crippen LogP contribution in [0.1, 0.15) is 64.2 Å². The fourth-order valence-corrected chi connectivity index (χ4v) is 4.91. The van der Waals surface area contributed by atoms with Crippen molar-refractivity contribution in [3.05, 3.63) is 0 Å². The number of nitrogens with one attached hydrogen (secondary N) is 1. The summed E-state index contributed by atoms with van der Waals surface area (Å²) in [5, 5.41) is 3.44. The number of hydrogen-bond acceptors (Lipinski definition) is 2. The van der Waals surface area contributed by atoms with E-state index < -0.39 is 0 Å². The summed E-state index contributed by atoms with van der Waals surface area (Å²) in [7, 11) is 1.96. The summed E-state index contributed by atoms with van der Waals surface area (Å²) in [5.41, 5.74) is 0. The monoisotopic (exact) mass is 321 g/mol. The molecule has 1 N–H and O–H groups in total. The van der Waals surface area contributed by atoms with Gasteiger partial charge in [-0.1, -0.05) is 25.7 Å². The molecule has 0 atom stereocenters. The second-order valence-electron chi connectivity index (χ2n) is 8.03. The molecule has 4 nitrogen and oxygen atoms in total. The van der Waals surface area contributed by atoms with Gasteiger partial charge in [0.1, 0.15) is 0 Å². The Morgan fingerprint density at radius 2 is 1.52 bits per heavy atom. The molecule has 4 heteroatoms. The van der Waals surface area contributed by atoms with E-state index in [1.165, 1.54) is 77.3 Å². The molecule has 1 aliphatic heterocycles. The quantitative estimate of drug-likeness (QED) is 0.813. The first-order valence-electron chi connectivity index (χ1n) is 9.98. The van der Waals surface area contributed by atoms with E-state index in [0.29, 0.717) is 6.04 Å². The molecule has 3 fully saturated rings. The van der Waals surface area contributed by atoms with Gasteiger partial charge in [-0.15, -0.1) is 0 Å². The lowest BCUT2D eigenvalue weighted by Gasteiger charge is -2.32. The Labute approximate surface area is 142 Å². The summed E-state index contributed by atoms with van der Waals surface area (Å²) in [5.74, 6) is 1.46. The third-order valence-electron chi connectivity index (χ3n) is 6.40. The highest BCUT2D eigenvalue weighted by molar-refractivity contribution is 5.74.